The number of benzene rings is 1. The highest BCUT2D eigenvalue weighted by Gasteiger charge is 2.27. The Morgan fingerprint density at radius 3 is 2.42 bits per heavy atom. The van der Waals surface area contributed by atoms with Crippen molar-refractivity contribution in [2.75, 3.05) is 32.6 Å². The van der Waals surface area contributed by atoms with Gasteiger partial charge in [-0.2, -0.15) is 0 Å². The fourth-order valence-corrected chi connectivity index (χ4v) is 6.36. The lowest BCUT2D eigenvalue weighted by Gasteiger charge is -2.10. The Balaban J connectivity index is 1.74. The lowest BCUT2D eigenvalue weighted by Crippen LogP contribution is -2.18. The standard InChI is InChI=1S/C27H30N4O5S2/c1-7-35-17-11-9-16(10-12-17)20-15(4)37-26(21(20)27(34)36-8-2)30-24(33)22-14(3)19-23(32)28-18(13-31(5)6)29-25(19)38-22/h9-12H,7-8,13H2,1-6H3,(H,30,33)(H,28,29,32). The van der Waals surface area contributed by atoms with Gasteiger partial charge in [-0.3, -0.25) is 9.59 Å². The number of carbonyl (C=O) groups is 2. The average molecular weight is 555 g/mol. The summed E-state index contributed by atoms with van der Waals surface area (Å²) in [6.45, 7) is 8.50. The zero-order chi connectivity index (χ0) is 27.6. The maximum Gasteiger partial charge on any atom is 0.341 e. The molecule has 0 spiro atoms. The molecule has 38 heavy (non-hydrogen) atoms. The molecule has 3 aromatic heterocycles. The zero-order valence-electron chi connectivity index (χ0n) is 22.2. The summed E-state index contributed by atoms with van der Waals surface area (Å²) in [5, 5.41) is 3.70. The van der Waals surface area contributed by atoms with E-state index in [9.17, 15) is 14.4 Å². The summed E-state index contributed by atoms with van der Waals surface area (Å²) < 4.78 is 10.9. The number of amides is 1. The number of carbonyl (C=O) groups excluding carboxylic acids is 2. The van der Waals surface area contributed by atoms with E-state index < -0.39 is 11.9 Å². The summed E-state index contributed by atoms with van der Waals surface area (Å²) in [7, 11) is 3.77. The van der Waals surface area contributed by atoms with Crippen molar-refractivity contribution >= 4 is 49.8 Å². The number of ether oxygens (including phenoxy) is 2. The number of esters is 1. The molecule has 0 fully saturated rings. The van der Waals surface area contributed by atoms with Gasteiger partial charge in [-0.15, -0.1) is 22.7 Å². The van der Waals surface area contributed by atoms with Gasteiger partial charge >= 0.3 is 5.97 Å². The van der Waals surface area contributed by atoms with E-state index >= 15 is 0 Å². The molecule has 0 aliphatic carbocycles. The first kappa shape index (κ1) is 27.5. The number of H-pyrrole nitrogens is 1. The third kappa shape index (κ3) is 5.50. The van der Waals surface area contributed by atoms with Crippen molar-refractivity contribution in [2.45, 2.75) is 34.2 Å². The first-order chi connectivity index (χ1) is 18.1. The molecule has 0 radical (unpaired) electrons. The SMILES string of the molecule is CCOC(=O)c1c(NC(=O)c2sc3nc(CN(C)C)[nH]c(=O)c3c2C)sc(C)c1-c1ccc(OCC)cc1. The highest BCUT2D eigenvalue weighted by Crippen LogP contribution is 2.41. The van der Waals surface area contributed by atoms with Gasteiger partial charge < -0.3 is 24.7 Å². The van der Waals surface area contributed by atoms with Crippen molar-refractivity contribution in [1.29, 1.82) is 0 Å². The van der Waals surface area contributed by atoms with E-state index in [1.807, 2.05) is 57.1 Å². The first-order valence-electron chi connectivity index (χ1n) is 12.2. The fourth-order valence-electron chi connectivity index (χ4n) is 4.20. The van der Waals surface area contributed by atoms with Crippen LogP contribution in [0.1, 0.15) is 50.1 Å². The second-order valence-corrected chi connectivity index (χ2v) is 11.1. The Hall–Kier alpha value is -3.54. The number of rotatable bonds is 9. The number of hydrogen-bond donors (Lipinski definition) is 2. The summed E-state index contributed by atoms with van der Waals surface area (Å²) in [6, 6.07) is 7.46. The first-order valence-corrected chi connectivity index (χ1v) is 13.8. The van der Waals surface area contributed by atoms with E-state index in [0.29, 0.717) is 55.8 Å². The van der Waals surface area contributed by atoms with Gasteiger partial charge in [0, 0.05) is 10.4 Å². The molecule has 0 unspecified atom stereocenters. The van der Waals surface area contributed by atoms with Gasteiger partial charge in [0.1, 0.15) is 27.0 Å². The Morgan fingerprint density at radius 2 is 1.79 bits per heavy atom. The number of anilines is 1. The molecule has 1 aromatic carbocycles. The Labute approximate surface area is 228 Å². The molecule has 3 heterocycles. The van der Waals surface area contributed by atoms with E-state index in [1.165, 1.54) is 11.3 Å². The predicted octanol–water partition coefficient (Wildman–Crippen LogP) is 5.22. The number of aryl methyl sites for hydroxylation is 2. The van der Waals surface area contributed by atoms with E-state index in [0.717, 1.165) is 27.5 Å². The van der Waals surface area contributed by atoms with Gasteiger partial charge in [-0.25, -0.2) is 9.78 Å². The van der Waals surface area contributed by atoms with Crippen molar-refractivity contribution in [1.82, 2.24) is 14.9 Å². The predicted molar refractivity (Wildman–Crippen MR) is 152 cm³/mol. The number of fused-ring (bicyclic) bond motifs is 1. The minimum absolute atomic E-state index is 0.197. The van der Waals surface area contributed by atoms with Gasteiger partial charge in [-0.05, 0) is 65.0 Å². The number of nitrogens with one attached hydrogen (secondary N) is 2. The van der Waals surface area contributed by atoms with Crippen LogP contribution in [0.25, 0.3) is 21.3 Å². The van der Waals surface area contributed by atoms with Crippen molar-refractivity contribution < 1.29 is 19.1 Å². The minimum Gasteiger partial charge on any atom is -0.494 e. The molecular weight excluding hydrogens is 524 g/mol. The quantitative estimate of drug-likeness (QED) is 0.273. The van der Waals surface area contributed by atoms with Crippen LogP contribution in [0.5, 0.6) is 5.75 Å². The Kier molecular flexibility index (Phi) is 8.29. The highest BCUT2D eigenvalue weighted by atomic mass is 32.1. The van der Waals surface area contributed by atoms with Gasteiger partial charge in [0.25, 0.3) is 11.5 Å². The molecule has 11 heteroatoms. The van der Waals surface area contributed by atoms with Crippen molar-refractivity contribution in [3.8, 4) is 16.9 Å². The lowest BCUT2D eigenvalue weighted by molar-refractivity contribution is 0.0529. The van der Waals surface area contributed by atoms with E-state index in [-0.39, 0.29) is 12.2 Å². The van der Waals surface area contributed by atoms with Crippen LogP contribution in [0.2, 0.25) is 0 Å². The third-order valence-electron chi connectivity index (χ3n) is 5.77. The van der Waals surface area contributed by atoms with Gasteiger partial charge in [0.2, 0.25) is 0 Å². The molecule has 4 aromatic rings. The molecule has 200 valence electrons. The van der Waals surface area contributed by atoms with Crippen LogP contribution in [-0.2, 0) is 11.3 Å². The maximum atomic E-state index is 13.5. The largest absolute Gasteiger partial charge is 0.494 e. The van der Waals surface area contributed by atoms with Crippen molar-refractivity contribution in [3.05, 3.63) is 61.3 Å². The van der Waals surface area contributed by atoms with Gasteiger partial charge in [0.05, 0.1) is 30.0 Å². The van der Waals surface area contributed by atoms with Crippen molar-refractivity contribution in [2.24, 2.45) is 0 Å². The molecule has 9 nitrogen and oxygen atoms in total. The molecule has 0 atom stereocenters. The second kappa shape index (κ2) is 11.5. The molecular formula is C27H30N4O5S2. The van der Waals surface area contributed by atoms with Gasteiger partial charge in [0.15, 0.2) is 0 Å². The van der Waals surface area contributed by atoms with E-state index in [1.54, 1.807) is 13.8 Å². The lowest BCUT2D eigenvalue weighted by atomic mass is 10.0. The monoisotopic (exact) mass is 554 g/mol. The average Bonchev–Trinajstić information content (AvgIpc) is 3.36. The van der Waals surface area contributed by atoms with Crippen LogP contribution in [0.4, 0.5) is 5.00 Å². The third-order valence-corrected chi connectivity index (χ3v) is 7.97. The summed E-state index contributed by atoms with van der Waals surface area (Å²) >= 11 is 2.46. The molecule has 0 aliphatic rings. The molecule has 0 aliphatic heterocycles. The summed E-state index contributed by atoms with van der Waals surface area (Å²) in [4.78, 5) is 50.3. The van der Waals surface area contributed by atoms with Gasteiger partial charge in [-0.1, -0.05) is 12.1 Å². The fraction of sp³-hybridized carbons (Fsp3) is 0.333. The summed E-state index contributed by atoms with van der Waals surface area (Å²) in [6.07, 6.45) is 0. The second-order valence-electron chi connectivity index (χ2n) is 8.86. The molecule has 0 saturated carbocycles. The number of hydrogen-bond acceptors (Lipinski definition) is 9. The van der Waals surface area contributed by atoms with Crippen LogP contribution in [0.15, 0.2) is 29.1 Å². The number of nitrogens with zero attached hydrogens (tertiary/aromatic N) is 2. The van der Waals surface area contributed by atoms with Crippen LogP contribution in [0, 0.1) is 13.8 Å². The van der Waals surface area contributed by atoms with Crippen LogP contribution in [0.3, 0.4) is 0 Å². The molecule has 4 rings (SSSR count). The summed E-state index contributed by atoms with van der Waals surface area (Å²) in [5.74, 6) is 0.326. The topological polar surface area (TPSA) is 114 Å². The van der Waals surface area contributed by atoms with Crippen molar-refractivity contribution in [3.63, 3.8) is 0 Å². The zero-order valence-corrected chi connectivity index (χ0v) is 23.8. The van der Waals surface area contributed by atoms with Crippen LogP contribution >= 0.6 is 22.7 Å². The number of aromatic amines is 1. The normalized spacial score (nSPS) is 11.2. The van der Waals surface area contributed by atoms with E-state index in [2.05, 4.69) is 15.3 Å². The highest BCUT2D eigenvalue weighted by molar-refractivity contribution is 7.21. The molecule has 2 N–H and O–H groups in total. The smallest absolute Gasteiger partial charge is 0.341 e. The Bertz CT molecular complexity index is 1550. The van der Waals surface area contributed by atoms with Crippen LogP contribution in [-0.4, -0.2) is 54.1 Å². The molecule has 1 amide bonds. The molecule has 0 saturated heterocycles. The summed E-state index contributed by atoms with van der Waals surface area (Å²) in [5.41, 5.74) is 2.08. The Morgan fingerprint density at radius 1 is 1.08 bits per heavy atom. The number of aromatic nitrogens is 2. The maximum absolute atomic E-state index is 13.5. The van der Waals surface area contributed by atoms with E-state index in [4.69, 9.17) is 9.47 Å². The molecule has 0 bridgehead atoms. The number of thiophene rings is 2. The van der Waals surface area contributed by atoms with Crippen LogP contribution < -0.4 is 15.6 Å². The minimum atomic E-state index is -0.518.